The van der Waals surface area contributed by atoms with Gasteiger partial charge in [0.25, 0.3) is 5.56 Å². The molecule has 0 radical (unpaired) electrons. The molecular weight excluding hydrogens is 334 g/mol. The van der Waals surface area contributed by atoms with Gasteiger partial charge in [-0.25, -0.2) is 0 Å². The molecule has 1 aromatic heterocycles. The SMILES string of the molecule is O=c1[nH]c(=S)n(C2CCCCC2)c(O)c1[C@@H]1NCCc2ccccc21. The Hall–Kier alpha value is -1.92. The average Bonchev–Trinajstić information content (AvgIpc) is 2.62. The molecule has 6 heteroatoms. The van der Waals surface area contributed by atoms with Crippen LogP contribution in [0, 0.1) is 4.77 Å². The second-order valence-corrected chi connectivity index (χ2v) is 7.38. The van der Waals surface area contributed by atoms with Crippen molar-refractivity contribution in [3.63, 3.8) is 0 Å². The van der Waals surface area contributed by atoms with E-state index in [1.807, 2.05) is 18.2 Å². The molecule has 0 spiro atoms. The van der Waals surface area contributed by atoms with E-state index in [1.165, 1.54) is 12.0 Å². The first-order chi connectivity index (χ1) is 12.2. The van der Waals surface area contributed by atoms with Gasteiger partial charge in [0.1, 0.15) is 0 Å². The highest BCUT2D eigenvalue weighted by Crippen LogP contribution is 2.36. The highest BCUT2D eigenvalue weighted by Gasteiger charge is 2.29. The van der Waals surface area contributed by atoms with Crippen molar-refractivity contribution in [2.75, 3.05) is 6.54 Å². The van der Waals surface area contributed by atoms with E-state index in [-0.39, 0.29) is 23.5 Å². The van der Waals surface area contributed by atoms with Crippen molar-refractivity contribution in [1.82, 2.24) is 14.9 Å². The Balaban J connectivity index is 1.86. The molecule has 5 nitrogen and oxygen atoms in total. The Morgan fingerprint density at radius 2 is 1.92 bits per heavy atom. The van der Waals surface area contributed by atoms with Gasteiger partial charge in [0.2, 0.25) is 5.88 Å². The Morgan fingerprint density at radius 1 is 1.16 bits per heavy atom. The zero-order chi connectivity index (χ0) is 17.4. The molecule has 2 aliphatic rings. The molecule has 1 aromatic carbocycles. The van der Waals surface area contributed by atoms with Gasteiger partial charge in [0.05, 0.1) is 11.6 Å². The van der Waals surface area contributed by atoms with Crippen LogP contribution in [-0.2, 0) is 6.42 Å². The van der Waals surface area contributed by atoms with Crippen molar-refractivity contribution >= 4 is 12.2 Å². The molecule has 3 N–H and O–H groups in total. The first-order valence-electron chi connectivity index (χ1n) is 9.05. The minimum Gasteiger partial charge on any atom is -0.494 e. The van der Waals surface area contributed by atoms with Crippen molar-refractivity contribution < 1.29 is 5.11 Å². The quantitative estimate of drug-likeness (QED) is 0.721. The fourth-order valence-electron chi connectivity index (χ4n) is 4.25. The van der Waals surface area contributed by atoms with Gasteiger partial charge in [0, 0.05) is 12.6 Å². The Bertz CT molecular complexity index is 896. The van der Waals surface area contributed by atoms with E-state index < -0.39 is 0 Å². The number of H-pyrrole nitrogens is 1. The lowest BCUT2D eigenvalue weighted by Gasteiger charge is -2.30. The molecule has 0 saturated heterocycles. The molecule has 1 fully saturated rings. The van der Waals surface area contributed by atoms with E-state index in [9.17, 15) is 9.90 Å². The lowest BCUT2D eigenvalue weighted by atomic mass is 9.90. The van der Waals surface area contributed by atoms with E-state index in [2.05, 4.69) is 16.4 Å². The predicted molar refractivity (Wildman–Crippen MR) is 99.7 cm³/mol. The van der Waals surface area contributed by atoms with Crippen LogP contribution in [0.2, 0.25) is 0 Å². The molecule has 0 unspecified atom stereocenters. The van der Waals surface area contributed by atoms with Gasteiger partial charge >= 0.3 is 0 Å². The van der Waals surface area contributed by atoms with Crippen molar-refractivity contribution in [3.05, 3.63) is 56.1 Å². The van der Waals surface area contributed by atoms with E-state index in [1.54, 1.807) is 4.57 Å². The normalized spacial score (nSPS) is 21.0. The second-order valence-electron chi connectivity index (χ2n) is 6.99. The number of aromatic nitrogens is 2. The van der Waals surface area contributed by atoms with Crippen molar-refractivity contribution in [1.29, 1.82) is 0 Å². The van der Waals surface area contributed by atoms with Crippen LogP contribution >= 0.6 is 12.2 Å². The number of nitrogens with one attached hydrogen (secondary N) is 2. The minimum atomic E-state index is -0.306. The summed E-state index contributed by atoms with van der Waals surface area (Å²) in [5.74, 6) is 0.0230. The van der Waals surface area contributed by atoms with Crippen LogP contribution in [0.3, 0.4) is 0 Å². The number of hydrogen-bond donors (Lipinski definition) is 3. The van der Waals surface area contributed by atoms with Crippen molar-refractivity contribution in [2.24, 2.45) is 0 Å². The number of aromatic amines is 1. The van der Waals surface area contributed by atoms with Gasteiger partial charge in [-0.2, -0.15) is 0 Å². The van der Waals surface area contributed by atoms with Gasteiger partial charge in [-0.15, -0.1) is 0 Å². The van der Waals surface area contributed by atoms with Crippen molar-refractivity contribution in [2.45, 2.75) is 50.6 Å². The summed E-state index contributed by atoms with van der Waals surface area (Å²) in [4.78, 5) is 15.5. The third-order valence-electron chi connectivity index (χ3n) is 5.49. The number of aromatic hydroxyl groups is 1. The summed E-state index contributed by atoms with van der Waals surface area (Å²) < 4.78 is 2.09. The molecule has 0 amide bonds. The Labute approximate surface area is 151 Å². The van der Waals surface area contributed by atoms with Crippen LogP contribution in [0.5, 0.6) is 5.88 Å². The molecule has 1 aliphatic heterocycles. The number of rotatable bonds is 2. The summed E-state index contributed by atoms with van der Waals surface area (Å²) in [6, 6.07) is 7.96. The predicted octanol–water partition coefficient (Wildman–Crippen LogP) is 3.35. The third-order valence-corrected chi connectivity index (χ3v) is 5.79. The van der Waals surface area contributed by atoms with Gasteiger partial charge < -0.3 is 10.4 Å². The van der Waals surface area contributed by atoms with Gasteiger partial charge in [-0.3, -0.25) is 14.3 Å². The largest absolute Gasteiger partial charge is 0.494 e. The third kappa shape index (κ3) is 2.93. The number of hydrogen-bond acceptors (Lipinski definition) is 4. The molecule has 2 aromatic rings. The highest BCUT2D eigenvalue weighted by atomic mass is 32.1. The maximum Gasteiger partial charge on any atom is 0.260 e. The van der Waals surface area contributed by atoms with E-state index in [0.717, 1.165) is 44.2 Å². The highest BCUT2D eigenvalue weighted by molar-refractivity contribution is 7.71. The summed E-state index contributed by atoms with van der Waals surface area (Å²) in [5, 5.41) is 14.4. The lowest BCUT2D eigenvalue weighted by Crippen LogP contribution is -2.35. The fraction of sp³-hybridized carbons (Fsp3) is 0.474. The number of benzene rings is 1. The summed E-state index contributed by atoms with van der Waals surface area (Å²) in [7, 11) is 0. The average molecular weight is 357 g/mol. The molecule has 1 aliphatic carbocycles. The van der Waals surface area contributed by atoms with Crippen LogP contribution in [0.1, 0.15) is 60.9 Å². The van der Waals surface area contributed by atoms with Gasteiger partial charge in [-0.05, 0) is 42.6 Å². The molecule has 1 atom stereocenters. The minimum absolute atomic E-state index is 0.0230. The maximum absolute atomic E-state index is 12.7. The van der Waals surface area contributed by atoms with Crippen molar-refractivity contribution in [3.8, 4) is 5.88 Å². The summed E-state index contributed by atoms with van der Waals surface area (Å²) >= 11 is 5.37. The molecule has 25 heavy (non-hydrogen) atoms. The zero-order valence-corrected chi connectivity index (χ0v) is 14.9. The molecule has 1 saturated carbocycles. The molecule has 2 heterocycles. The van der Waals surface area contributed by atoms with E-state index >= 15 is 0 Å². The topological polar surface area (TPSA) is 70.0 Å². The summed E-state index contributed by atoms with van der Waals surface area (Å²) in [6.07, 6.45) is 6.38. The summed E-state index contributed by atoms with van der Waals surface area (Å²) in [6.45, 7) is 0.777. The summed E-state index contributed by atoms with van der Waals surface area (Å²) in [5.41, 5.74) is 2.36. The maximum atomic E-state index is 12.7. The van der Waals surface area contributed by atoms with Crippen LogP contribution in [0.15, 0.2) is 29.1 Å². The number of nitrogens with zero attached hydrogens (tertiary/aromatic N) is 1. The van der Waals surface area contributed by atoms with Crippen LogP contribution < -0.4 is 10.9 Å². The van der Waals surface area contributed by atoms with E-state index in [4.69, 9.17) is 12.2 Å². The monoisotopic (exact) mass is 357 g/mol. The zero-order valence-electron chi connectivity index (χ0n) is 14.1. The first kappa shape index (κ1) is 16.5. The molecule has 4 rings (SSSR count). The Kier molecular flexibility index (Phi) is 4.48. The Morgan fingerprint density at radius 3 is 2.72 bits per heavy atom. The second kappa shape index (κ2) is 6.77. The first-order valence-corrected chi connectivity index (χ1v) is 9.46. The van der Waals surface area contributed by atoms with Crippen LogP contribution in [0.25, 0.3) is 0 Å². The molecule has 0 bridgehead atoms. The van der Waals surface area contributed by atoms with E-state index in [0.29, 0.717) is 10.3 Å². The van der Waals surface area contributed by atoms with Crippen LogP contribution in [0.4, 0.5) is 0 Å². The fourth-order valence-corrected chi connectivity index (χ4v) is 4.58. The smallest absolute Gasteiger partial charge is 0.260 e. The standard InChI is InChI=1S/C19H23N3O2S/c23-17-15(16-14-9-5-4-6-12(14)10-11-20-16)18(24)22(19(25)21-17)13-7-2-1-3-8-13/h4-6,9,13,16,20,24H,1-3,7-8,10-11H2,(H,21,23,25)/t16-/m1/s1. The molecule has 132 valence electrons. The molecular formula is C19H23N3O2S. The van der Waals surface area contributed by atoms with Gasteiger partial charge in [0.15, 0.2) is 4.77 Å². The van der Waals surface area contributed by atoms with Crippen LogP contribution in [-0.4, -0.2) is 21.2 Å². The lowest BCUT2D eigenvalue weighted by molar-refractivity contribution is 0.297. The number of fused-ring (bicyclic) bond motifs is 1. The van der Waals surface area contributed by atoms with Gasteiger partial charge in [-0.1, -0.05) is 43.5 Å².